The van der Waals surface area contributed by atoms with E-state index in [1.165, 1.54) is 16.0 Å². The van der Waals surface area contributed by atoms with Gasteiger partial charge in [-0.1, -0.05) is 29.8 Å². The van der Waals surface area contributed by atoms with Crippen LogP contribution in [0, 0.1) is 6.92 Å². The molecule has 168 valence electrons. The number of halogens is 1. The highest BCUT2D eigenvalue weighted by atomic mass is 35.5. The summed E-state index contributed by atoms with van der Waals surface area (Å²) in [5.41, 5.74) is 2.17. The van der Waals surface area contributed by atoms with Gasteiger partial charge in [0.2, 0.25) is 5.91 Å². The van der Waals surface area contributed by atoms with Gasteiger partial charge in [-0.2, -0.15) is 0 Å². The minimum Gasteiger partial charge on any atom is -0.320 e. The van der Waals surface area contributed by atoms with E-state index in [1.807, 2.05) is 30.3 Å². The number of aromatic nitrogens is 3. The third-order valence-electron chi connectivity index (χ3n) is 5.04. The van der Waals surface area contributed by atoms with Crippen molar-refractivity contribution in [1.82, 2.24) is 14.3 Å². The number of carbonyl (C=O) groups is 2. The molecule has 0 radical (unpaired) electrons. The van der Waals surface area contributed by atoms with Crippen LogP contribution in [0.25, 0.3) is 5.69 Å². The number of hydrogen-bond acceptors (Lipinski definition) is 5. The first-order valence-electron chi connectivity index (χ1n) is 9.98. The average Bonchev–Trinajstić information content (AvgIpc) is 3.32. The lowest BCUT2D eigenvalue weighted by molar-refractivity contribution is -0.115. The Kier molecular flexibility index (Phi) is 6.43. The number of hydrogen-bond donors (Lipinski definition) is 2. The summed E-state index contributed by atoms with van der Waals surface area (Å²) < 4.78 is 3.19. The standard InChI is InChI=1S/C23H20ClN5O3S/c1-14-20(22(32)29(28(14)2)18-6-4-3-5-7-18)26-19(30)12-17-13-33-23(25-17)27-21(31)15-8-10-16(24)11-9-15/h3-11,13H,12H2,1-2H3,(H,26,30)(H,25,27,31). The molecule has 10 heteroatoms. The molecule has 2 heterocycles. The van der Waals surface area contributed by atoms with Gasteiger partial charge >= 0.3 is 0 Å². The number of nitrogens with one attached hydrogen (secondary N) is 2. The van der Waals surface area contributed by atoms with Crippen LogP contribution >= 0.6 is 22.9 Å². The predicted molar refractivity (Wildman–Crippen MR) is 130 cm³/mol. The highest BCUT2D eigenvalue weighted by molar-refractivity contribution is 7.14. The summed E-state index contributed by atoms with van der Waals surface area (Å²) in [6, 6.07) is 15.7. The van der Waals surface area contributed by atoms with E-state index in [0.29, 0.717) is 32.8 Å². The van der Waals surface area contributed by atoms with Gasteiger partial charge in [-0.3, -0.25) is 24.4 Å². The van der Waals surface area contributed by atoms with Gasteiger partial charge in [0, 0.05) is 23.0 Å². The lowest BCUT2D eigenvalue weighted by Crippen LogP contribution is -2.23. The zero-order valence-electron chi connectivity index (χ0n) is 17.8. The molecule has 2 amide bonds. The van der Waals surface area contributed by atoms with Crippen LogP contribution in [0.3, 0.4) is 0 Å². The molecule has 2 aromatic heterocycles. The van der Waals surface area contributed by atoms with Crippen molar-refractivity contribution >= 4 is 45.6 Å². The lowest BCUT2D eigenvalue weighted by Gasteiger charge is -2.07. The van der Waals surface area contributed by atoms with E-state index in [1.54, 1.807) is 48.3 Å². The van der Waals surface area contributed by atoms with Gasteiger partial charge in [-0.05, 0) is 43.3 Å². The highest BCUT2D eigenvalue weighted by Crippen LogP contribution is 2.19. The van der Waals surface area contributed by atoms with Crippen LogP contribution in [0.5, 0.6) is 0 Å². The summed E-state index contributed by atoms with van der Waals surface area (Å²) in [5, 5.41) is 8.02. The molecule has 0 bridgehead atoms. The van der Waals surface area contributed by atoms with Gasteiger partial charge < -0.3 is 5.32 Å². The molecule has 0 aliphatic heterocycles. The topological polar surface area (TPSA) is 98.0 Å². The molecule has 4 aromatic rings. The zero-order valence-corrected chi connectivity index (χ0v) is 19.4. The molecule has 0 fully saturated rings. The summed E-state index contributed by atoms with van der Waals surface area (Å²) in [4.78, 5) is 42.2. The summed E-state index contributed by atoms with van der Waals surface area (Å²) in [7, 11) is 1.76. The number of benzene rings is 2. The second kappa shape index (κ2) is 9.43. The van der Waals surface area contributed by atoms with Crippen molar-refractivity contribution in [3.05, 3.63) is 92.3 Å². The number of amides is 2. The van der Waals surface area contributed by atoms with Crippen molar-refractivity contribution in [3.63, 3.8) is 0 Å². The number of anilines is 2. The van der Waals surface area contributed by atoms with Crippen molar-refractivity contribution < 1.29 is 9.59 Å². The fourth-order valence-electron chi connectivity index (χ4n) is 3.28. The van der Waals surface area contributed by atoms with Crippen molar-refractivity contribution in [2.45, 2.75) is 13.3 Å². The van der Waals surface area contributed by atoms with Crippen molar-refractivity contribution in [2.75, 3.05) is 10.6 Å². The molecule has 0 unspecified atom stereocenters. The first kappa shape index (κ1) is 22.5. The van der Waals surface area contributed by atoms with E-state index in [-0.39, 0.29) is 29.5 Å². The molecule has 0 saturated heterocycles. The van der Waals surface area contributed by atoms with E-state index in [0.717, 1.165) is 0 Å². The normalized spacial score (nSPS) is 10.8. The van der Waals surface area contributed by atoms with Crippen molar-refractivity contribution in [3.8, 4) is 5.69 Å². The fraction of sp³-hybridized carbons (Fsp3) is 0.130. The van der Waals surface area contributed by atoms with E-state index in [2.05, 4.69) is 15.6 Å². The minimum absolute atomic E-state index is 0.0353. The number of rotatable bonds is 6. The quantitative estimate of drug-likeness (QED) is 0.434. The first-order valence-corrected chi connectivity index (χ1v) is 11.2. The molecule has 33 heavy (non-hydrogen) atoms. The third kappa shape index (κ3) is 4.89. The van der Waals surface area contributed by atoms with Crippen molar-refractivity contribution in [2.24, 2.45) is 7.05 Å². The fourth-order valence-corrected chi connectivity index (χ4v) is 4.11. The lowest BCUT2D eigenvalue weighted by atomic mass is 10.2. The van der Waals surface area contributed by atoms with Crippen LogP contribution in [0.4, 0.5) is 10.8 Å². The maximum absolute atomic E-state index is 12.9. The smallest absolute Gasteiger partial charge is 0.295 e. The maximum Gasteiger partial charge on any atom is 0.295 e. The molecule has 4 rings (SSSR count). The number of carbonyl (C=O) groups excluding carboxylic acids is 2. The summed E-state index contributed by atoms with van der Waals surface area (Å²) >= 11 is 7.06. The molecule has 0 aliphatic carbocycles. The first-order chi connectivity index (χ1) is 15.8. The van der Waals surface area contributed by atoms with Crippen molar-refractivity contribution in [1.29, 1.82) is 0 Å². The van der Waals surface area contributed by atoms with Crippen LogP contribution in [0.1, 0.15) is 21.7 Å². The number of thiazole rings is 1. The molecule has 0 saturated carbocycles. The minimum atomic E-state index is -0.373. The van der Waals surface area contributed by atoms with Crippen LogP contribution in [-0.2, 0) is 18.3 Å². The Morgan fingerprint density at radius 1 is 1.06 bits per heavy atom. The summed E-state index contributed by atoms with van der Waals surface area (Å²) in [5.74, 6) is -0.694. The predicted octanol–water partition coefficient (Wildman–Crippen LogP) is 4.03. The molecular formula is C23H20ClN5O3S. The molecule has 0 spiro atoms. The SMILES string of the molecule is Cc1c(NC(=O)Cc2csc(NC(=O)c3ccc(Cl)cc3)n2)c(=O)n(-c2ccccc2)n1C. The van der Waals surface area contributed by atoms with Crippen LogP contribution in [0.2, 0.25) is 5.02 Å². The molecule has 2 N–H and O–H groups in total. The molecule has 8 nitrogen and oxygen atoms in total. The Labute approximate surface area is 198 Å². The Balaban J connectivity index is 1.44. The van der Waals surface area contributed by atoms with Gasteiger partial charge in [0.05, 0.1) is 23.5 Å². The Morgan fingerprint density at radius 3 is 2.45 bits per heavy atom. The molecule has 0 aliphatic rings. The average molecular weight is 482 g/mol. The summed E-state index contributed by atoms with van der Waals surface area (Å²) in [6.45, 7) is 1.77. The molecule has 0 atom stereocenters. The Hall–Kier alpha value is -3.69. The van der Waals surface area contributed by atoms with Gasteiger partial charge in [0.25, 0.3) is 11.5 Å². The Bertz CT molecular complexity index is 1370. The second-order valence-electron chi connectivity index (χ2n) is 7.27. The van der Waals surface area contributed by atoms with E-state index >= 15 is 0 Å². The second-order valence-corrected chi connectivity index (χ2v) is 8.56. The van der Waals surface area contributed by atoms with Gasteiger partial charge in [0.15, 0.2) is 5.13 Å². The van der Waals surface area contributed by atoms with E-state index in [4.69, 9.17) is 11.6 Å². The molecular weight excluding hydrogens is 462 g/mol. The van der Waals surface area contributed by atoms with Gasteiger partial charge in [-0.25, -0.2) is 9.67 Å². The van der Waals surface area contributed by atoms with Crippen LogP contribution in [0.15, 0.2) is 64.8 Å². The Morgan fingerprint density at radius 2 is 1.76 bits per heavy atom. The number of nitrogens with zero attached hydrogens (tertiary/aromatic N) is 3. The van der Waals surface area contributed by atoms with E-state index < -0.39 is 0 Å². The largest absolute Gasteiger partial charge is 0.320 e. The molecule has 2 aromatic carbocycles. The summed E-state index contributed by atoms with van der Waals surface area (Å²) in [6.07, 6.45) is -0.0353. The van der Waals surface area contributed by atoms with Crippen LogP contribution < -0.4 is 16.2 Å². The monoisotopic (exact) mass is 481 g/mol. The van der Waals surface area contributed by atoms with Gasteiger partial charge in [-0.15, -0.1) is 11.3 Å². The maximum atomic E-state index is 12.9. The zero-order chi connectivity index (χ0) is 23.5. The van der Waals surface area contributed by atoms with Gasteiger partial charge in [0.1, 0.15) is 5.69 Å². The van der Waals surface area contributed by atoms with E-state index in [9.17, 15) is 14.4 Å². The van der Waals surface area contributed by atoms with Crippen LogP contribution in [-0.4, -0.2) is 26.2 Å². The number of para-hydroxylation sites is 1. The third-order valence-corrected chi connectivity index (χ3v) is 6.10. The highest BCUT2D eigenvalue weighted by Gasteiger charge is 2.19.